The van der Waals surface area contributed by atoms with E-state index in [1.807, 2.05) is 32.0 Å². The molecule has 0 aliphatic heterocycles. The summed E-state index contributed by atoms with van der Waals surface area (Å²) in [6.07, 6.45) is 1.47. The molecule has 4 amide bonds. The maximum absolute atomic E-state index is 12.5. The van der Waals surface area contributed by atoms with Crippen LogP contribution in [0.1, 0.15) is 37.3 Å². The molecule has 10 nitrogen and oxygen atoms in total. The monoisotopic (exact) mass is 498 g/mol. The van der Waals surface area contributed by atoms with E-state index in [0.29, 0.717) is 29.2 Å². The predicted molar refractivity (Wildman–Crippen MR) is 137 cm³/mol. The van der Waals surface area contributed by atoms with Crippen LogP contribution in [-0.4, -0.2) is 60.6 Å². The van der Waals surface area contributed by atoms with E-state index in [2.05, 4.69) is 16.0 Å². The van der Waals surface area contributed by atoms with E-state index < -0.39 is 12.0 Å². The number of aliphatic carboxylic acids is 1. The van der Waals surface area contributed by atoms with Crippen LogP contribution in [0.2, 0.25) is 0 Å². The van der Waals surface area contributed by atoms with Gasteiger partial charge < -0.3 is 30.7 Å². The first-order chi connectivity index (χ1) is 17.2. The van der Waals surface area contributed by atoms with Crippen molar-refractivity contribution in [3.05, 3.63) is 53.6 Å². The van der Waals surface area contributed by atoms with Crippen molar-refractivity contribution in [3.63, 3.8) is 0 Å². The van der Waals surface area contributed by atoms with Crippen molar-refractivity contribution in [2.45, 2.75) is 39.5 Å². The van der Waals surface area contributed by atoms with Crippen molar-refractivity contribution in [1.82, 2.24) is 10.2 Å². The van der Waals surface area contributed by atoms with Crippen LogP contribution >= 0.6 is 0 Å². The number of anilines is 2. The first-order valence-corrected chi connectivity index (χ1v) is 11.8. The molecule has 4 N–H and O–H groups in total. The molecule has 0 fully saturated rings. The highest BCUT2D eigenvalue weighted by atomic mass is 16.5. The van der Waals surface area contributed by atoms with Gasteiger partial charge in [-0.25, -0.2) is 4.79 Å². The number of amides is 4. The summed E-state index contributed by atoms with van der Waals surface area (Å²) in [4.78, 5) is 49.6. The van der Waals surface area contributed by atoms with E-state index in [4.69, 9.17) is 9.84 Å². The zero-order valence-electron chi connectivity index (χ0n) is 20.9. The number of carboxylic acid groups (broad SMARTS) is 1. The predicted octanol–water partition coefficient (Wildman–Crippen LogP) is 3.41. The molecular weight excluding hydrogens is 464 g/mol. The maximum atomic E-state index is 12.5. The largest absolute Gasteiger partial charge is 0.495 e. The van der Waals surface area contributed by atoms with Crippen LogP contribution in [0.15, 0.2) is 42.5 Å². The van der Waals surface area contributed by atoms with Crippen LogP contribution in [0.5, 0.6) is 5.75 Å². The molecule has 194 valence electrons. The normalized spacial score (nSPS) is 10.3. The summed E-state index contributed by atoms with van der Waals surface area (Å²) in [6, 6.07) is 11.9. The Morgan fingerprint density at radius 2 is 1.72 bits per heavy atom. The average Bonchev–Trinajstić information content (AvgIpc) is 2.84. The second-order valence-corrected chi connectivity index (χ2v) is 8.26. The third kappa shape index (κ3) is 9.28. The lowest BCUT2D eigenvalue weighted by Crippen LogP contribution is -2.42. The number of benzene rings is 2. The van der Waals surface area contributed by atoms with Crippen LogP contribution in [0.25, 0.3) is 0 Å². The quantitative estimate of drug-likeness (QED) is 0.334. The number of aryl methyl sites for hydroxylation is 1. The zero-order valence-corrected chi connectivity index (χ0v) is 20.9. The fourth-order valence-electron chi connectivity index (χ4n) is 3.41. The van der Waals surface area contributed by atoms with Crippen molar-refractivity contribution >= 4 is 35.2 Å². The molecule has 2 aromatic carbocycles. The standard InChI is InChI=1S/C26H34N4O6/c1-4-5-13-30(14-12-25(33)34)24(32)17-27-23(31)16-19-10-11-21(22(15-19)36-3)29-26(35)28-20-9-7-6-8-18(20)2/h6-11,15H,4-5,12-14,16-17H2,1-3H3,(H,27,31)(H,33,34)(H2,28,29,35). The van der Waals surface area contributed by atoms with Gasteiger partial charge in [0.05, 0.1) is 32.2 Å². The van der Waals surface area contributed by atoms with Crippen LogP contribution in [0, 0.1) is 6.92 Å². The first-order valence-electron chi connectivity index (χ1n) is 11.8. The summed E-state index contributed by atoms with van der Waals surface area (Å²) >= 11 is 0. The zero-order chi connectivity index (χ0) is 26.5. The number of hydrogen-bond acceptors (Lipinski definition) is 5. The van der Waals surface area contributed by atoms with Crippen molar-refractivity contribution in [2.24, 2.45) is 0 Å². The van der Waals surface area contributed by atoms with Gasteiger partial charge in [-0.1, -0.05) is 37.6 Å². The van der Waals surface area contributed by atoms with Gasteiger partial charge in [-0.3, -0.25) is 14.4 Å². The van der Waals surface area contributed by atoms with Gasteiger partial charge in [0, 0.05) is 18.8 Å². The summed E-state index contributed by atoms with van der Waals surface area (Å²) in [5, 5.41) is 17.0. The molecule has 2 rings (SSSR count). The lowest BCUT2D eigenvalue weighted by atomic mass is 10.1. The molecule has 36 heavy (non-hydrogen) atoms. The molecule has 0 spiro atoms. The molecule has 0 aliphatic rings. The Labute approximate surface area is 211 Å². The topological polar surface area (TPSA) is 137 Å². The number of unbranched alkanes of at least 4 members (excludes halogenated alkanes) is 1. The Balaban J connectivity index is 1.93. The second-order valence-electron chi connectivity index (χ2n) is 8.26. The first kappa shape index (κ1) is 28.2. The Hall–Kier alpha value is -4.08. The number of nitrogens with one attached hydrogen (secondary N) is 3. The number of urea groups is 1. The SMILES string of the molecule is CCCCN(CCC(=O)O)C(=O)CNC(=O)Cc1ccc(NC(=O)Nc2ccccc2C)c(OC)c1. The number of carbonyl (C=O) groups excluding carboxylic acids is 3. The van der Waals surface area contributed by atoms with Crippen molar-refractivity contribution in [3.8, 4) is 5.75 Å². The third-order valence-electron chi connectivity index (χ3n) is 5.44. The highest BCUT2D eigenvalue weighted by Gasteiger charge is 2.16. The van der Waals surface area contributed by atoms with Gasteiger partial charge in [0.1, 0.15) is 5.75 Å². The van der Waals surface area contributed by atoms with E-state index in [-0.39, 0.29) is 37.7 Å². The minimum absolute atomic E-state index is 0.00339. The number of carbonyl (C=O) groups is 4. The molecule has 0 aliphatic carbocycles. The smallest absolute Gasteiger partial charge is 0.323 e. The molecular formula is C26H34N4O6. The van der Waals surface area contributed by atoms with Crippen LogP contribution in [0.3, 0.4) is 0 Å². The molecule has 0 heterocycles. The summed E-state index contributed by atoms with van der Waals surface area (Å²) < 4.78 is 5.37. The fraction of sp³-hybridized carbons (Fsp3) is 0.385. The van der Waals surface area contributed by atoms with Gasteiger partial charge in [0.2, 0.25) is 11.8 Å². The molecule has 0 radical (unpaired) electrons. The molecule has 2 aromatic rings. The van der Waals surface area contributed by atoms with E-state index in [0.717, 1.165) is 18.4 Å². The number of para-hydroxylation sites is 1. The Morgan fingerprint density at radius 1 is 1.00 bits per heavy atom. The number of rotatable bonds is 13. The second kappa shape index (κ2) is 14.3. The van der Waals surface area contributed by atoms with Gasteiger partial charge >= 0.3 is 12.0 Å². The van der Waals surface area contributed by atoms with Crippen LogP contribution in [-0.2, 0) is 20.8 Å². The maximum Gasteiger partial charge on any atom is 0.323 e. The molecule has 10 heteroatoms. The van der Waals surface area contributed by atoms with Gasteiger partial charge in [0.15, 0.2) is 0 Å². The Bertz CT molecular complexity index is 1070. The number of nitrogens with zero attached hydrogens (tertiary/aromatic N) is 1. The van der Waals surface area contributed by atoms with Gasteiger partial charge in [-0.05, 0) is 42.7 Å². The van der Waals surface area contributed by atoms with E-state index >= 15 is 0 Å². The Kier molecular flexibility index (Phi) is 11.2. The fourth-order valence-corrected chi connectivity index (χ4v) is 3.41. The van der Waals surface area contributed by atoms with Crippen molar-refractivity contribution in [1.29, 1.82) is 0 Å². The lowest BCUT2D eigenvalue weighted by Gasteiger charge is -2.22. The molecule has 0 atom stereocenters. The summed E-state index contributed by atoms with van der Waals surface area (Å²) in [7, 11) is 1.46. The summed E-state index contributed by atoms with van der Waals surface area (Å²) in [5.41, 5.74) is 2.69. The molecule has 0 aromatic heterocycles. The van der Waals surface area contributed by atoms with E-state index in [1.165, 1.54) is 12.0 Å². The summed E-state index contributed by atoms with van der Waals surface area (Å²) in [5.74, 6) is -1.28. The van der Waals surface area contributed by atoms with Crippen molar-refractivity contribution in [2.75, 3.05) is 37.4 Å². The number of hydrogen-bond donors (Lipinski definition) is 4. The number of ether oxygens (including phenoxy) is 1. The minimum atomic E-state index is -0.979. The third-order valence-corrected chi connectivity index (χ3v) is 5.44. The van der Waals surface area contributed by atoms with Gasteiger partial charge in [-0.15, -0.1) is 0 Å². The highest BCUT2D eigenvalue weighted by Crippen LogP contribution is 2.26. The number of methoxy groups -OCH3 is 1. The molecule has 0 unspecified atom stereocenters. The van der Waals surface area contributed by atoms with Crippen LogP contribution < -0.4 is 20.7 Å². The minimum Gasteiger partial charge on any atom is -0.495 e. The van der Waals surface area contributed by atoms with Crippen molar-refractivity contribution < 1.29 is 29.0 Å². The van der Waals surface area contributed by atoms with Crippen LogP contribution in [0.4, 0.5) is 16.2 Å². The molecule has 0 saturated carbocycles. The van der Waals surface area contributed by atoms with Gasteiger partial charge in [-0.2, -0.15) is 0 Å². The van der Waals surface area contributed by atoms with E-state index in [9.17, 15) is 19.2 Å². The lowest BCUT2D eigenvalue weighted by molar-refractivity contribution is -0.139. The molecule has 0 saturated heterocycles. The van der Waals surface area contributed by atoms with Gasteiger partial charge in [0.25, 0.3) is 0 Å². The highest BCUT2D eigenvalue weighted by molar-refractivity contribution is 6.01. The van der Waals surface area contributed by atoms with E-state index in [1.54, 1.807) is 24.3 Å². The Morgan fingerprint density at radius 3 is 2.39 bits per heavy atom. The summed E-state index contributed by atoms with van der Waals surface area (Å²) in [6.45, 7) is 4.21. The number of carboxylic acids is 1. The average molecular weight is 499 g/mol. The molecule has 0 bridgehead atoms.